The Kier molecular flexibility index (Phi) is 12.4. The summed E-state index contributed by atoms with van der Waals surface area (Å²) in [5, 5.41) is 15.5. The van der Waals surface area contributed by atoms with Gasteiger partial charge in [0.05, 0.1) is 0 Å². The number of rotatable bonds is 12. The van der Waals surface area contributed by atoms with E-state index in [2.05, 4.69) is 10.6 Å². The van der Waals surface area contributed by atoms with E-state index in [0.29, 0.717) is 17.7 Å². The van der Waals surface area contributed by atoms with Crippen molar-refractivity contribution >= 4 is 29.7 Å². The van der Waals surface area contributed by atoms with Gasteiger partial charge in [-0.15, -0.1) is 0 Å². The number of thioether (sulfide) groups is 1. The van der Waals surface area contributed by atoms with E-state index in [-0.39, 0.29) is 29.6 Å². The van der Waals surface area contributed by atoms with Crippen LogP contribution < -0.4 is 10.6 Å². The molecule has 1 aromatic carbocycles. The quantitative estimate of drug-likeness (QED) is 0.379. The molecule has 3 atom stereocenters. The standard InChI is InChI=1S/C26H43N3O5S/c1-9-10-18(4)27-23(31)22(19-11-13-20(30)14-12-19)29(17(2)3)24(32)21(15-16-35-8)28-25(33)34-26(5,6)7/h11-14,17-18,21-22,30H,9-10,15-16H2,1-8H3,(H,27,31)(H,28,33). The van der Waals surface area contributed by atoms with Crippen LogP contribution in [0.1, 0.15) is 79.3 Å². The van der Waals surface area contributed by atoms with Crippen LogP contribution in [0, 0.1) is 0 Å². The fraction of sp³-hybridized carbons (Fsp3) is 0.654. The van der Waals surface area contributed by atoms with Crippen LogP contribution in [0.4, 0.5) is 4.79 Å². The summed E-state index contributed by atoms with van der Waals surface area (Å²) in [6.07, 6.45) is 3.35. The van der Waals surface area contributed by atoms with E-state index < -0.39 is 23.8 Å². The van der Waals surface area contributed by atoms with Gasteiger partial charge in [-0.1, -0.05) is 25.5 Å². The van der Waals surface area contributed by atoms with Gasteiger partial charge in [0.25, 0.3) is 0 Å². The highest BCUT2D eigenvalue weighted by Crippen LogP contribution is 2.27. The fourth-order valence-electron chi connectivity index (χ4n) is 3.72. The van der Waals surface area contributed by atoms with E-state index in [1.165, 1.54) is 17.0 Å². The van der Waals surface area contributed by atoms with Crippen LogP contribution in [0.5, 0.6) is 5.75 Å². The van der Waals surface area contributed by atoms with Gasteiger partial charge in [-0.25, -0.2) is 4.79 Å². The molecule has 1 rings (SSSR count). The molecule has 3 N–H and O–H groups in total. The number of alkyl carbamates (subject to hydrolysis) is 1. The summed E-state index contributed by atoms with van der Waals surface area (Å²) in [6.45, 7) is 12.9. The molecule has 0 saturated heterocycles. The third-order valence-corrected chi connectivity index (χ3v) is 5.90. The van der Waals surface area contributed by atoms with E-state index in [1.54, 1.807) is 44.7 Å². The maximum atomic E-state index is 13.9. The molecule has 3 amide bonds. The van der Waals surface area contributed by atoms with Gasteiger partial charge in [0.2, 0.25) is 11.8 Å². The van der Waals surface area contributed by atoms with Crippen LogP contribution in [0.3, 0.4) is 0 Å². The summed E-state index contributed by atoms with van der Waals surface area (Å²) >= 11 is 1.56. The average Bonchev–Trinajstić information content (AvgIpc) is 2.73. The van der Waals surface area contributed by atoms with Gasteiger partial charge < -0.3 is 25.4 Å². The molecule has 0 fully saturated rings. The van der Waals surface area contributed by atoms with Gasteiger partial charge in [0.15, 0.2) is 0 Å². The minimum atomic E-state index is -0.931. The van der Waals surface area contributed by atoms with Crippen LogP contribution in [-0.4, -0.2) is 63.6 Å². The number of nitrogens with zero attached hydrogens (tertiary/aromatic N) is 1. The largest absolute Gasteiger partial charge is 0.508 e. The number of phenols is 1. The first kappa shape index (κ1) is 30.6. The van der Waals surface area contributed by atoms with E-state index in [0.717, 1.165) is 12.8 Å². The van der Waals surface area contributed by atoms with Crippen molar-refractivity contribution < 1.29 is 24.2 Å². The number of carbonyl (C=O) groups is 3. The van der Waals surface area contributed by atoms with Gasteiger partial charge in [-0.05, 0) is 84.1 Å². The lowest BCUT2D eigenvalue weighted by molar-refractivity contribution is -0.144. The third-order valence-electron chi connectivity index (χ3n) is 5.26. The Balaban J connectivity index is 3.40. The predicted molar refractivity (Wildman–Crippen MR) is 141 cm³/mol. The summed E-state index contributed by atoms with van der Waals surface area (Å²) in [5.74, 6) is 0.0387. The van der Waals surface area contributed by atoms with Gasteiger partial charge >= 0.3 is 6.09 Å². The molecular weight excluding hydrogens is 466 g/mol. The summed E-state index contributed by atoms with van der Waals surface area (Å²) in [7, 11) is 0. The second kappa shape index (κ2) is 14.2. The zero-order valence-electron chi connectivity index (χ0n) is 22.4. The van der Waals surface area contributed by atoms with Crippen LogP contribution in [-0.2, 0) is 14.3 Å². The lowest BCUT2D eigenvalue weighted by atomic mass is 10.00. The topological polar surface area (TPSA) is 108 Å². The summed E-state index contributed by atoms with van der Waals surface area (Å²) in [6, 6.07) is 4.08. The number of phenolic OH excluding ortho intramolecular Hbond substituents is 1. The summed E-state index contributed by atoms with van der Waals surface area (Å²) < 4.78 is 5.39. The van der Waals surface area contributed by atoms with Gasteiger partial charge in [-0.3, -0.25) is 9.59 Å². The molecule has 8 nitrogen and oxygen atoms in total. The molecule has 0 radical (unpaired) electrons. The number of hydrogen-bond donors (Lipinski definition) is 3. The molecule has 0 heterocycles. The molecule has 0 aliphatic carbocycles. The number of ether oxygens (including phenoxy) is 1. The Morgan fingerprint density at radius 1 is 1.06 bits per heavy atom. The molecule has 1 aromatic rings. The summed E-state index contributed by atoms with van der Waals surface area (Å²) in [5.41, 5.74) is -0.134. The molecule has 3 unspecified atom stereocenters. The Bertz CT molecular complexity index is 823. The highest BCUT2D eigenvalue weighted by molar-refractivity contribution is 7.98. The first-order valence-electron chi connectivity index (χ1n) is 12.2. The van der Waals surface area contributed by atoms with Crippen molar-refractivity contribution in [2.45, 2.75) is 97.5 Å². The van der Waals surface area contributed by atoms with Gasteiger partial charge in [0, 0.05) is 12.1 Å². The maximum absolute atomic E-state index is 13.9. The Hall–Kier alpha value is -2.42. The zero-order valence-corrected chi connectivity index (χ0v) is 23.2. The van der Waals surface area contributed by atoms with Crippen LogP contribution >= 0.6 is 11.8 Å². The van der Waals surface area contributed by atoms with Crippen molar-refractivity contribution in [3.63, 3.8) is 0 Å². The van der Waals surface area contributed by atoms with Crippen molar-refractivity contribution in [3.8, 4) is 5.75 Å². The predicted octanol–water partition coefficient (Wildman–Crippen LogP) is 4.62. The van der Waals surface area contributed by atoms with Crippen molar-refractivity contribution in [2.24, 2.45) is 0 Å². The minimum absolute atomic E-state index is 0.0663. The number of nitrogens with one attached hydrogen (secondary N) is 2. The highest BCUT2D eigenvalue weighted by Gasteiger charge is 2.38. The Morgan fingerprint density at radius 3 is 2.14 bits per heavy atom. The van der Waals surface area contributed by atoms with Crippen LogP contribution in [0.2, 0.25) is 0 Å². The van der Waals surface area contributed by atoms with E-state index in [9.17, 15) is 19.5 Å². The molecule has 0 spiro atoms. The SMILES string of the molecule is CCCC(C)NC(=O)C(c1ccc(O)cc1)N(C(=O)C(CCSC)NC(=O)OC(C)(C)C)C(C)C. The van der Waals surface area contributed by atoms with Crippen LogP contribution in [0.25, 0.3) is 0 Å². The molecule has 198 valence electrons. The van der Waals surface area contributed by atoms with Crippen molar-refractivity contribution in [2.75, 3.05) is 12.0 Å². The van der Waals surface area contributed by atoms with Gasteiger partial charge in [0.1, 0.15) is 23.4 Å². The monoisotopic (exact) mass is 509 g/mol. The molecule has 0 bridgehead atoms. The number of hydrogen-bond acceptors (Lipinski definition) is 6. The normalized spacial score (nSPS) is 14.1. The van der Waals surface area contributed by atoms with Gasteiger partial charge in [-0.2, -0.15) is 11.8 Å². The zero-order chi connectivity index (χ0) is 26.8. The molecule has 0 saturated carbocycles. The maximum Gasteiger partial charge on any atom is 0.408 e. The highest BCUT2D eigenvalue weighted by atomic mass is 32.2. The van der Waals surface area contributed by atoms with E-state index in [1.807, 2.05) is 34.0 Å². The Labute approximate surface area is 214 Å². The van der Waals surface area contributed by atoms with Crippen molar-refractivity contribution in [3.05, 3.63) is 29.8 Å². The number of amides is 3. The number of aromatic hydroxyl groups is 1. The van der Waals surface area contributed by atoms with E-state index in [4.69, 9.17) is 4.74 Å². The summed E-state index contributed by atoms with van der Waals surface area (Å²) in [4.78, 5) is 41.5. The minimum Gasteiger partial charge on any atom is -0.508 e. The smallest absolute Gasteiger partial charge is 0.408 e. The lowest BCUT2D eigenvalue weighted by Crippen LogP contribution is -2.55. The molecule has 35 heavy (non-hydrogen) atoms. The first-order valence-corrected chi connectivity index (χ1v) is 13.6. The lowest BCUT2D eigenvalue weighted by Gasteiger charge is -2.37. The van der Waals surface area contributed by atoms with Crippen LogP contribution in [0.15, 0.2) is 24.3 Å². The second-order valence-corrected chi connectivity index (χ2v) is 11.0. The average molecular weight is 510 g/mol. The first-order chi connectivity index (χ1) is 16.3. The van der Waals surface area contributed by atoms with Crippen molar-refractivity contribution in [1.82, 2.24) is 15.5 Å². The Morgan fingerprint density at radius 2 is 1.66 bits per heavy atom. The number of carbonyl (C=O) groups excluding carboxylic acids is 3. The second-order valence-electron chi connectivity index (χ2n) is 10.0. The molecule has 0 aromatic heterocycles. The molecule has 0 aliphatic rings. The number of benzene rings is 1. The molecule has 0 aliphatic heterocycles. The molecular formula is C26H43N3O5S. The molecule has 9 heteroatoms. The van der Waals surface area contributed by atoms with Crippen molar-refractivity contribution in [1.29, 1.82) is 0 Å². The fourth-order valence-corrected chi connectivity index (χ4v) is 4.20. The van der Waals surface area contributed by atoms with E-state index >= 15 is 0 Å². The third kappa shape index (κ3) is 10.4.